The molecule has 0 amide bonds. The van der Waals surface area contributed by atoms with Crippen LogP contribution in [0, 0.1) is 5.41 Å². The summed E-state index contributed by atoms with van der Waals surface area (Å²) in [7, 11) is -2.85. The zero-order chi connectivity index (χ0) is 39.0. The average molecular weight is 878 g/mol. The molecule has 8 aromatic carbocycles. The first-order valence-electron chi connectivity index (χ1n) is 20.0. The minimum Gasteiger partial charge on any atom is -0.0620 e. The maximum Gasteiger partial charge on any atom is 1.00 e. The molecule has 0 atom stereocenters. The quantitative estimate of drug-likeness (QED) is 0.0755. The van der Waals surface area contributed by atoms with Crippen LogP contribution in [0.15, 0.2) is 243 Å². The van der Waals surface area contributed by atoms with Crippen molar-refractivity contribution in [2.75, 3.05) is 18.5 Å². The fourth-order valence-electron chi connectivity index (χ4n) is 7.71. The Morgan fingerprint density at radius 2 is 0.466 bits per heavy atom. The largest absolute Gasteiger partial charge is 1.00 e. The molecule has 0 radical (unpaired) electrons. The molecule has 8 aromatic rings. The van der Waals surface area contributed by atoms with E-state index in [1.165, 1.54) is 60.9 Å². The van der Waals surface area contributed by atoms with Gasteiger partial charge in [-0.1, -0.05) is 146 Å². The molecule has 292 valence electrons. The van der Waals surface area contributed by atoms with E-state index >= 15 is 0 Å². The molecular weight excluding hydrogens is 824 g/mol. The van der Waals surface area contributed by atoms with Gasteiger partial charge in [-0.3, -0.25) is 0 Å². The van der Waals surface area contributed by atoms with Crippen molar-refractivity contribution >= 4 is 74.8 Å². The van der Waals surface area contributed by atoms with Gasteiger partial charge in [-0.05, 0) is 104 Å². The van der Waals surface area contributed by atoms with E-state index in [4.69, 9.17) is 0 Å². The Morgan fingerprint density at radius 1 is 0.293 bits per heavy atom. The maximum atomic E-state index is 2.64. The number of hydrogen-bond donors (Lipinski definition) is 0. The van der Waals surface area contributed by atoms with Crippen LogP contribution < -0.4 is 42.4 Å². The van der Waals surface area contributed by atoms with Crippen molar-refractivity contribution in [3.63, 3.8) is 0 Å². The van der Waals surface area contributed by atoms with Gasteiger partial charge in [0.2, 0.25) is 0 Å². The fraction of sp³-hybridized carbons (Fsp3) is 0.0943. The molecule has 0 N–H and O–H groups in total. The van der Waals surface area contributed by atoms with Gasteiger partial charge in [0.25, 0.3) is 0 Å². The number of benzene rings is 8. The zero-order valence-electron chi connectivity index (χ0n) is 33.1. The molecule has 0 unspecified atom stereocenters. The van der Waals surface area contributed by atoms with Gasteiger partial charge in [-0.15, -0.1) is 0 Å². The summed E-state index contributed by atoms with van der Waals surface area (Å²) in [4.78, 5) is 0. The summed E-state index contributed by atoms with van der Waals surface area (Å²) in [5.74, 6) is 0. The molecule has 0 saturated heterocycles. The van der Waals surface area contributed by atoms with E-state index in [-0.39, 0.29) is 31.1 Å². The van der Waals surface area contributed by atoms with Gasteiger partial charge in [-0.2, -0.15) is 0 Å². The SMILES string of the molecule is CC(C[PH+](c1ccccc1)c1ccccc1)(C[PH+](c1ccccc1)c1ccccc1)C[PH+](c1ccccc1)c1ccccc1.[Cu+].c1ccc([PH2+]c2ccccc2)cc1. The Kier molecular flexibility index (Phi) is 17.3. The van der Waals surface area contributed by atoms with Gasteiger partial charge < -0.3 is 0 Å². The standard InChI is InChI=1S/C41H39P3.C12H11P.Cu/c1-41(32-42(35-20-8-2-9-21-35)36-22-10-3-11-23-36,33-43(37-24-12-4-13-25-37)38-26-14-5-15-27-38)34-44(39-28-16-6-17-29-39)40-30-18-7-19-31-40;1-3-7-11(8-4-1)13-12-9-5-2-6-10-12;/h2-31H,32-34H2,1H3;1-10,13H;/q;;+1/p+4. The van der Waals surface area contributed by atoms with Crippen LogP contribution in [0.3, 0.4) is 0 Å². The van der Waals surface area contributed by atoms with E-state index < -0.39 is 23.8 Å². The Bertz CT molecular complexity index is 1940. The van der Waals surface area contributed by atoms with Crippen molar-refractivity contribution in [3.05, 3.63) is 243 Å². The van der Waals surface area contributed by atoms with Gasteiger partial charge in [0.15, 0.2) is 0 Å². The molecule has 0 nitrogen and oxygen atoms in total. The van der Waals surface area contributed by atoms with Crippen LogP contribution in [-0.2, 0) is 17.1 Å². The summed E-state index contributed by atoms with van der Waals surface area (Å²) in [6.45, 7) is 2.64. The van der Waals surface area contributed by atoms with E-state index in [9.17, 15) is 0 Å². The van der Waals surface area contributed by atoms with Crippen molar-refractivity contribution in [1.82, 2.24) is 0 Å². The summed E-state index contributed by atoms with van der Waals surface area (Å²) in [6, 6.07) is 89.5. The average Bonchev–Trinajstić information content (AvgIpc) is 3.29. The molecule has 0 aromatic heterocycles. The molecule has 0 spiro atoms. The summed E-state index contributed by atoms with van der Waals surface area (Å²) in [5, 5.41) is 12.0. The molecule has 0 fully saturated rings. The van der Waals surface area contributed by atoms with Gasteiger partial charge in [-0.25, -0.2) is 0 Å². The zero-order valence-corrected chi connectivity index (χ0v) is 38.2. The minimum atomic E-state index is -1.04. The van der Waals surface area contributed by atoms with Crippen molar-refractivity contribution in [2.24, 2.45) is 5.41 Å². The Morgan fingerprint density at radius 3 is 0.655 bits per heavy atom. The molecule has 0 aliphatic rings. The van der Waals surface area contributed by atoms with Crippen molar-refractivity contribution in [3.8, 4) is 0 Å². The van der Waals surface area contributed by atoms with Crippen LogP contribution in [0.2, 0.25) is 0 Å². The van der Waals surface area contributed by atoms with Crippen LogP contribution in [0.4, 0.5) is 0 Å². The van der Waals surface area contributed by atoms with Crippen LogP contribution >= 0.6 is 32.3 Å². The van der Waals surface area contributed by atoms with Gasteiger partial charge in [0, 0.05) is 0 Å². The molecule has 0 aliphatic heterocycles. The Hall–Kier alpha value is -4.00. The summed E-state index contributed by atoms with van der Waals surface area (Å²) in [6.07, 6.45) is 3.61. The minimum absolute atomic E-state index is 0. The first kappa shape index (κ1) is 43.6. The number of hydrogen-bond acceptors (Lipinski definition) is 0. The first-order valence-corrected chi connectivity index (χ1v) is 26.3. The van der Waals surface area contributed by atoms with Gasteiger partial charge in [0.05, 0.1) is 98.7 Å². The smallest absolute Gasteiger partial charge is 0.0620 e. The van der Waals surface area contributed by atoms with Crippen LogP contribution in [0.5, 0.6) is 0 Å². The molecule has 58 heavy (non-hydrogen) atoms. The maximum absolute atomic E-state index is 2.64. The van der Waals surface area contributed by atoms with Crippen LogP contribution in [0.25, 0.3) is 0 Å². The topological polar surface area (TPSA) is 0 Å². The second kappa shape index (κ2) is 23.0. The van der Waals surface area contributed by atoms with Crippen molar-refractivity contribution in [1.29, 1.82) is 0 Å². The summed E-state index contributed by atoms with van der Waals surface area (Å²) >= 11 is 0. The van der Waals surface area contributed by atoms with Crippen LogP contribution in [0.1, 0.15) is 6.92 Å². The predicted octanol–water partition coefficient (Wildman–Crippen LogP) is 9.63. The first-order chi connectivity index (χ1) is 28.1. The monoisotopic (exact) mass is 877 g/mol. The van der Waals surface area contributed by atoms with Gasteiger partial charge in [0.1, 0.15) is 0 Å². The third kappa shape index (κ3) is 12.7. The summed E-state index contributed by atoms with van der Waals surface area (Å²) in [5.41, 5.74) is 0.125. The molecule has 0 heterocycles. The molecular formula is C53H54CuP4+5. The van der Waals surface area contributed by atoms with E-state index in [1.807, 2.05) is 0 Å². The third-order valence-electron chi connectivity index (χ3n) is 10.5. The van der Waals surface area contributed by atoms with Crippen molar-refractivity contribution < 1.29 is 17.1 Å². The van der Waals surface area contributed by atoms with E-state index in [1.54, 1.807) is 0 Å². The molecule has 5 heteroatoms. The molecule has 0 saturated carbocycles. The summed E-state index contributed by atoms with van der Waals surface area (Å²) < 4.78 is 0. The fourth-order valence-corrected chi connectivity index (χ4v) is 18.8. The van der Waals surface area contributed by atoms with E-state index in [2.05, 4.69) is 250 Å². The second-order valence-corrected chi connectivity index (χ2v) is 24.0. The molecule has 8 rings (SSSR count). The van der Waals surface area contributed by atoms with E-state index in [0.717, 1.165) is 0 Å². The van der Waals surface area contributed by atoms with Gasteiger partial charge >= 0.3 is 17.1 Å². The third-order valence-corrected chi connectivity index (χ3v) is 21.7. The van der Waals surface area contributed by atoms with Crippen LogP contribution in [-0.4, -0.2) is 18.5 Å². The molecule has 0 aliphatic carbocycles. The Balaban J connectivity index is 0.000000343. The second-order valence-electron chi connectivity index (χ2n) is 14.9. The van der Waals surface area contributed by atoms with Crippen molar-refractivity contribution in [2.45, 2.75) is 6.92 Å². The molecule has 0 bridgehead atoms. The normalized spacial score (nSPS) is 11.1. The van der Waals surface area contributed by atoms with E-state index in [0.29, 0.717) is 0 Å². The number of rotatable bonds is 14. The predicted molar refractivity (Wildman–Crippen MR) is 266 cm³/mol. The Labute approximate surface area is 363 Å².